The Kier molecular flexibility index (Phi) is 4.78. The van der Waals surface area contributed by atoms with Crippen LogP contribution in [0.5, 0.6) is 0 Å². The van der Waals surface area contributed by atoms with Crippen molar-refractivity contribution >= 4 is 55.1 Å². The molecule has 0 amide bonds. The lowest BCUT2D eigenvalue weighted by Crippen LogP contribution is -2.11. The number of hydrogen-bond acceptors (Lipinski definition) is 2. The van der Waals surface area contributed by atoms with Crippen LogP contribution in [0.2, 0.25) is 5.02 Å². The second kappa shape index (κ2) is 7.21. The van der Waals surface area contributed by atoms with Crippen molar-refractivity contribution in [2.75, 3.05) is 0 Å². The number of nitrogens with zero attached hydrogens (tertiary/aromatic N) is 1. The molecule has 1 heterocycles. The van der Waals surface area contributed by atoms with Crippen LogP contribution in [0, 0.1) is 5.82 Å². The number of para-hydroxylation sites is 1. The SMILES string of the molecule is Fc1ccc(/C(I)=C2/OC(c3ccc(Cl)cc3)=Nc3ccccc32)cc1. The molecule has 0 fully saturated rings. The van der Waals surface area contributed by atoms with Gasteiger partial charge in [-0.3, -0.25) is 0 Å². The molecule has 1 aliphatic rings. The van der Waals surface area contributed by atoms with Crippen molar-refractivity contribution in [3.63, 3.8) is 0 Å². The highest BCUT2D eigenvalue weighted by Gasteiger charge is 2.22. The van der Waals surface area contributed by atoms with Crippen LogP contribution in [-0.2, 0) is 4.74 Å². The smallest absolute Gasteiger partial charge is 0.227 e. The molecule has 128 valence electrons. The first-order valence-corrected chi connectivity index (χ1v) is 9.35. The van der Waals surface area contributed by atoms with E-state index in [0.29, 0.717) is 16.7 Å². The average Bonchev–Trinajstić information content (AvgIpc) is 2.68. The zero-order valence-corrected chi connectivity index (χ0v) is 16.3. The van der Waals surface area contributed by atoms with E-state index in [2.05, 4.69) is 27.6 Å². The molecule has 3 aromatic rings. The fourth-order valence-corrected chi connectivity index (χ4v) is 3.54. The molecule has 5 heteroatoms. The van der Waals surface area contributed by atoms with Gasteiger partial charge < -0.3 is 4.74 Å². The van der Waals surface area contributed by atoms with Crippen LogP contribution in [0.25, 0.3) is 9.34 Å². The van der Waals surface area contributed by atoms with E-state index in [0.717, 1.165) is 26.0 Å². The minimum Gasteiger partial charge on any atom is -0.437 e. The van der Waals surface area contributed by atoms with Gasteiger partial charge in [0.15, 0.2) is 5.76 Å². The van der Waals surface area contributed by atoms with E-state index in [1.165, 1.54) is 12.1 Å². The third kappa shape index (κ3) is 3.39. The number of benzene rings is 3. The largest absolute Gasteiger partial charge is 0.437 e. The van der Waals surface area contributed by atoms with Gasteiger partial charge in [-0.25, -0.2) is 9.38 Å². The van der Waals surface area contributed by atoms with Gasteiger partial charge in [0.25, 0.3) is 0 Å². The topological polar surface area (TPSA) is 21.6 Å². The van der Waals surface area contributed by atoms with Crippen molar-refractivity contribution in [1.82, 2.24) is 0 Å². The first-order chi connectivity index (χ1) is 12.6. The fraction of sp³-hybridized carbons (Fsp3) is 0. The van der Waals surface area contributed by atoms with Gasteiger partial charge in [-0.2, -0.15) is 0 Å². The van der Waals surface area contributed by atoms with Crippen molar-refractivity contribution in [1.29, 1.82) is 0 Å². The van der Waals surface area contributed by atoms with Gasteiger partial charge in [-0.05, 0) is 76.7 Å². The molecule has 0 N–H and O–H groups in total. The molecule has 26 heavy (non-hydrogen) atoms. The maximum atomic E-state index is 13.3. The molecule has 2 nitrogen and oxygen atoms in total. The van der Waals surface area contributed by atoms with Gasteiger partial charge in [-0.1, -0.05) is 35.9 Å². The zero-order chi connectivity index (χ0) is 18.1. The average molecular weight is 476 g/mol. The third-order valence-corrected chi connectivity index (χ3v) is 5.32. The first-order valence-electron chi connectivity index (χ1n) is 7.89. The number of hydrogen-bond donors (Lipinski definition) is 0. The lowest BCUT2D eigenvalue weighted by atomic mass is 10.1. The highest BCUT2D eigenvalue weighted by Crippen LogP contribution is 2.40. The molecule has 0 spiro atoms. The number of halogens is 3. The van der Waals surface area contributed by atoms with Gasteiger partial charge in [0.2, 0.25) is 5.90 Å². The highest BCUT2D eigenvalue weighted by atomic mass is 127. The predicted octanol–water partition coefficient (Wildman–Crippen LogP) is 6.85. The van der Waals surface area contributed by atoms with Crippen molar-refractivity contribution in [3.8, 4) is 0 Å². The van der Waals surface area contributed by atoms with E-state index in [4.69, 9.17) is 16.3 Å². The van der Waals surface area contributed by atoms with Gasteiger partial charge in [0, 0.05) is 16.1 Å². The summed E-state index contributed by atoms with van der Waals surface area (Å²) >= 11 is 8.21. The van der Waals surface area contributed by atoms with Crippen molar-refractivity contribution in [2.45, 2.75) is 0 Å². The fourth-order valence-electron chi connectivity index (χ4n) is 2.65. The van der Waals surface area contributed by atoms with Crippen LogP contribution in [0.3, 0.4) is 0 Å². The van der Waals surface area contributed by atoms with E-state index in [9.17, 15) is 4.39 Å². The van der Waals surface area contributed by atoms with Crippen LogP contribution < -0.4 is 0 Å². The summed E-state index contributed by atoms with van der Waals surface area (Å²) in [6.45, 7) is 0. The molecule has 0 radical (unpaired) electrons. The molecular formula is C21H12ClFINO. The second-order valence-electron chi connectivity index (χ2n) is 5.69. The van der Waals surface area contributed by atoms with Crippen LogP contribution in [0.1, 0.15) is 16.7 Å². The van der Waals surface area contributed by atoms with Crippen LogP contribution >= 0.6 is 34.2 Å². The van der Waals surface area contributed by atoms with Gasteiger partial charge in [0.05, 0.1) is 9.27 Å². The van der Waals surface area contributed by atoms with Crippen LogP contribution in [0.4, 0.5) is 10.1 Å². The van der Waals surface area contributed by atoms with Crippen LogP contribution in [-0.4, -0.2) is 5.90 Å². The Morgan fingerprint density at radius 2 is 1.62 bits per heavy atom. The van der Waals surface area contributed by atoms with Crippen LogP contribution in [0.15, 0.2) is 77.8 Å². The molecule has 3 aromatic carbocycles. The summed E-state index contributed by atoms with van der Waals surface area (Å²) in [7, 11) is 0. The summed E-state index contributed by atoms with van der Waals surface area (Å²) in [6.07, 6.45) is 0. The number of ether oxygens (including phenoxy) is 1. The molecule has 0 aromatic heterocycles. The Bertz CT molecular complexity index is 1030. The number of fused-ring (bicyclic) bond motifs is 1. The maximum absolute atomic E-state index is 13.3. The number of rotatable bonds is 2. The van der Waals surface area contributed by atoms with Gasteiger partial charge in [0.1, 0.15) is 5.82 Å². The summed E-state index contributed by atoms with van der Waals surface area (Å²) in [4.78, 5) is 4.64. The maximum Gasteiger partial charge on any atom is 0.227 e. The standard InChI is InChI=1S/C21H12ClFINO/c22-15-9-5-14(6-10-15)21-25-18-4-2-1-3-17(18)20(26-21)19(24)13-7-11-16(23)12-8-13/h1-12H/b20-19-. The second-order valence-corrected chi connectivity index (χ2v) is 7.21. The quantitative estimate of drug-likeness (QED) is 0.372. The third-order valence-electron chi connectivity index (χ3n) is 3.96. The Labute approximate surface area is 169 Å². The lowest BCUT2D eigenvalue weighted by Gasteiger charge is -2.21. The van der Waals surface area contributed by atoms with E-state index in [-0.39, 0.29) is 5.82 Å². The highest BCUT2D eigenvalue weighted by molar-refractivity contribution is 14.1. The van der Waals surface area contributed by atoms with E-state index in [1.807, 2.05) is 36.4 Å². The zero-order valence-electron chi connectivity index (χ0n) is 13.4. The Morgan fingerprint density at radius 3 is 2.35 bits per heavy atom. The molecule has 0 unspecified atom stereocenters. The van der Waals surface area contributed by atoms with Crippen molar-refractivity contribution < 1.29 is 9.13 Å². The predicted molar refractivity (Wildman–Crippen MR) is 112 cm³/mol. The molecule has 0 saturated carbocycles. The molecule has 0 atom stereocenters. The molecule has 0 bridgehead atoms. The summed E-state index contributed by atoms with van der Waals surface area (Å²) in [6, 6.07) is 21.5. The Morgan fingerprint density at radius 1 is 0.923 bits per heavy atom. The lowest BCUT2D eigenvalue weighted by molar-refractivity contribution is 0.506. The summed E-state index contributed by atoms with van der Waals surface area (Å²) in [5.74, 6) is 0.940. The minimum atomic E-state index is -0.267. The van der Waals surface area contributed by atoms with Gasteiger partial charge >= 0.3 is 0 Å². The summed E-state index contributed by atoms with van der Waals surface area (Å²) < 4.78 is 20.3. The normalized spacial score (nSPS) is 15.0. The number of aliphatic imine (C=N–C) groups is 1. The first kappa shape index (κ1) is 17.2. The van der Waals surface area contributed by atoms with Crippen molar-refractivity contribution in [3.05, 3.63) is 100 Å². The molecule has 1 aliphatic heterocycles. The minimum absolute atomic E-state index is 0.267. The summed E-state index contributed by atoms with van der Waals surface area (Å²) in [5.41, 5.74) is 3.45. The Balaban J connectivity index is 1.85. The monoisotopic (exact) mass is 475 g/mol. The molecule has 0 aliphatic carbocycles. The Hall–Kier alpha value is -2.18. The van der Waals surface area contributed by atoms with E-state index >= 15 is 0 Å². The molecule has 4 rings (SSSR count). The summed E-state index contributed by atoms with van der Waals surface area (Å²) in [5, 5.41) is 0.655. The van der Waals surface area contributed by atoms with Crippen molar-refractivity contribution in [2.24, 2.45) is 4.99 Å². The van der Waals surface area contributed by atoms with E-state index in [1.54, 1.807) is 24.3 Å². The molecular weight excluding hydrogens is 464 g/mol. The van der Waals surface area contributed by atoms with Gasteiger partial charge in [-0.15, -0.1) is 0 Å². The molecule has 0 saturated heterocycles. The van der Waals surface area contributed by atoms with E-state index < -0.39 is 0 Å².